The molecule has 0 spiro atoms. The van der Waals surface area contributed by atoms with Crippen LogP contribution in [0.15, 0.2) is 36.4 Å². The Balaban J connectivity index is 2.32. The van der Waals surface area contributed by atoms with Gasteiger partial charge in [-0.15, -0.1) is 0 Å². The van der Waals surface area contributed by atoms with Crippen LogP contribution >= 0.6 is 0 Å². The fourth-order valence-electron chi connectivity index (χ4n) is 2.26. The van der Waals surface area contributed by atoms with Crippen molar-refractivity contribution in [2.45, 2.75) is 33.3 Å². The minimum atomic E-state index is -0.867. The maximum atomic E-state index is 10.1. The van der Waals surface area contributed by atoms with Crippen molar-refractivity contribution in [3.8, 4) is 17.0 Å². The topological polar surface area (TPSA) is 42.4 Å². The second-order valence-electron chi connectivity index (χ2n) is 5.35. The molecule has 3 nitrogen and oxygen atoms in total. The number of ether oxygens (including phenoxy) is 1. The van der Waals surface area contributed by atoms with Crippen LogP contribution in [-0.2, 0) is 5.60 Å². The smallest absolute Gasteiger partial charge is 0.119 e. The number of rotatable bonds is 4. The third kappa shape index (κ3) is 3.17. The molecule has 3 heteroatoms. The first-order valence-corrected chi connectivity index (χ1v) is 6.85. The third-order valence-corrected chi connectivity index (χ3v) is 3.21. The summed E-state index contributed by atoms with van der Waals surface area (Å²) in [5.74, 6) is 0.862. The zero-order chi connectivity index (χ0) is 14.8. The summed E-state index contributed by atoms with van der Waals surface area (Å²) in [4.78, 5) is 4.58. The molecule has 0 saturated heterocycles. The van der Waals surface area contributed by atoms with Crippen LogP contribution in [0.1, 0.15) is 32.0 Å². The Kier molecular flexibility index (Phi) is 4.09. The zero-order valence-electron chi connectivity index (χ0n) is 12.5. The fourth-order valence-corrected chi connectivity index (χ4v) is 2.26. The van der Waals surface area contributed by atoms with Gasteiger partial charge in [-0.05, 0) is 58.0 Å². The molecule has 0 aliphatic carbocycles. The van der Waals surface area contributed by atoms with E-state index in [4.69, 9.17) is 4.74 Å². The lowest BCUT2D eigenvalue weighted by molar-refractivity contribution is 0.0775. The van der Waals surface area contributed by atoms with E-state index in [1.54, 1.807) is 13.8 Å². The molecule has 0 amide bonds. The molecule has 0 bridgehead atoms. The van der Waals surface area contributed by atoms with E-state index >= 15 is 0 Å². The van der Waals surface area contributed by atoms with Crippen LogP contribution in [-0.4, -0.2) is 16.7 Å². The number of nitrogens with zero attached hydrogens (tertiary/aromatic N) is 1. The average molecular weight is 271 g/mol. The SMILES string of the molecule is CCOc1ccc(-c2ccc(C(C)(C)O)c(C)n2)cc1. The minimum absolute atomic E-state index is 0.664. The summed E-state index contributed by atoms with van der Waals surface area (Å²) in [5.41, 5.74) is 2.78. The Hall–Kier alpha value is -1.87. The highest BCUT2D eigenvalue weighted by Crippen LogP contribution is 2.26. The molecule has 2 aromatic rings. The number of aromatic nitrogens is 1. The Morgan fingerprint density at radius 3 is 2.25 bits per heavy atom. The van der Waals surface area contributed by atoms with E-state index in [-0.39, 0.29) is 0 Å². The Labute approximate surface area is 120 Å². The number of aryl methyl sites for hydroxylation is 1. The Morgan fingerprint density at radius 1 is 1.10 bits per heavy atom. The highest BCUT2D eigenvalue weighted by atomic mass is 16.5. The van der Waals surface area contributed by atoms with Gasteiger partial charge in [0.1, 0.15) is 5.75 Å². The van der Waals surface area contributed by atoms with Gasteiger partial charge in [0.15, 0.2) is 0 Å². The number of pyridine rings is 1. The van der Waals surface area contributed by atoms with Gasteiger partial charge in [-0.3, -0.25) is 4.98 Å². The number of aliphatic hydroxyl groups is 1. The number of benzene rings is 1. The molecule has 0 unspecified atom stereocenters. The minimum Gasteiger partial charge on any atom is -0.494 e. The van der Waals surface area contributed by atoms with Crippen molar-refractivity contribution in [1.29, 1.82) is 0 Å². The summed E-state index contributed by atoms with van der Waals surface area (Å²) in [5, 5.41) is 10.1. The Morgan fingerprint density at radius 2 is 1.75 bits per heavy atom. The Bertz CT molecular complexity index is 583. The number of hydrogen-bond acceptors (Lipinski definition) is 3. The van der Waals surface area contributed by atoms with Crippen molar-refractivity contribution in [3.05, 3.63) is 47.7 Å². The van der Waals surface area contributed by atoms with Crippen molar-refractivity contribution in [3.63, 3.8) is 0 Å². The van der Waals surface area contributed by atoms with E-state index in [1.807, 2.05) is 50.2 Å². The quantitative estimate of drug-likeness (QED) is 0.922. The van der Waals surface area contributed by atoms with Crippen LogP contribution in [0, 0.1) is 6.92 Å². The molecule has 1 aromatic heterocycles. The van der Waals surface area contributed by atoms with Gasteiger partial charge in [0.25, 0.3) is 0 Å². The van der Waals surface area contributed by atoms with E-state index in [9.17, 15) is 5.11 Å². The number of hydrogen-bond donors (Lipinski definition) is 1. The van der Waals surface area contributed by atoms with E-state index in [2.05, 4.69) is 4.98 Å². The molecule has 106 valence electrons. The molecular formula is C17H21NO2. The van der Waals surface area contributed by atoms with Gasteiger partial charge < -0.3 is 9.84 Å². The zero-order valence-corrected chi connectivity index (χ0v) is 12.5. The molecule has 1 N–H and O–H groups in total. The van der Waals surface area contributed by atoms with Gasteiger partial charge in [-0.2, -0.15) is 0 Å². The van der Waals surface area contributed by atoms with E-state index in [0.717, 1.165) is 28.3 Å². The summed E-state index contributed by atoms with van der Waals surface area (Å²) >= 11 is 0. The molecule has 1 heterocycles. The van der Waals surface area contributed by atoms with Crippen molar-refractivity contribution >= 4 is 0 Å². The largest absolute Gasteiger partial charge is 0.494 e. The molecule has 1 aromatic carbocycles. The standard InChI is InChI=1S/C17H21NO2/c1-5-20-14-8-6-13(7-9-14)16-11-10-15(12(2)18-16)17(3,4)19/h6-11,19H,5H2,1-4H3. The molecule has 0 fully saturated rings. The van der Waals surface area contributed by atoms with Crippen LogP contribution < -0.4 is 4.74 Å². The second-order valence-corrected chi connectivity index (χ2v) is 5.35. The van der Waals surface area contributed by atoms with Crippen LogP contribution in [0.3, 0.4) is 0 Å². The summed E-state index contributed by atoms with van der Waals surface area (Å²) in [6.45, 7) is 8.09. The van der Waals surface area contributed by atoms with Crippen molar-refractivity contribution in [2.75, 3.05) is 6.61 Å². The predicted octanol–water partition coefficient (Wildman–Crippen LogP) is 3.68. The van der Waals surface area contributed by atoms with Gasteiger partial charge in [0, 0.05) is 16.8 Å². The summed E-state index contributed by atoms with van der Waals surface area (Å²) in [6.07, 6.45) is 0. The van der Waals surface area contributed by atoms with Gasteiger partial charge in [0.2, 0.25) is 0 Å². The van der Waals surface area contributed by atoms with E-state index in [1.165, 1.54) is 0 Å². The summed E-state index contributed by atoms with van der Waals surface area (Å²) in [6, 6.07) is 11.8. The summed E-state index contributed by atoms with van der Waals surface area (Å²) < 4.78 is 5.43. The van der Waals surface area contributed by atoms with Crippen molar-refractivity contribution in [2.24, 2.45) is 0 Å². The fraction of sp³-hybridized carbons (Fsp3) is 0.353. The first-order chi connectivity index (χ1) is 9.41. The van der Waals surface area contributed by atoms with Crippen LogP contribution in [0.25, 0.3) is 11.3 Å². The van der Waals surface area contributed by atoms with Crippen LogP contribution in [0.4, 0.5) is 0 Å². The summed E-state index contributed by atoms with van der Waals surface area (Å²) in [7, 11) is 0. The first-order valence-electron chi connectivity index (χ1n) is 6.85. The lowest BCUT2D eigenvalue weighted by Gasteiger charge is -2.20. The molecule has 0 aliphatic rings. The second kappa shape index (κ2) is 5.63. The molecule has 0 saturated carbocycles. The van der Waals surface area contributed by atoms with E-state index in [0.29, 0.717) is 6.61 Å². The molecule has 0 aliphatic heterocycles. The van der Waals surface area contributed by atoms with Crippen molar-refractivity contribution in [1.82, 2.24) is 4.98 Å². The lowest BCUT2D eigenvalue weighted by Crippen LogP contribution is -2.17. The highest BCUT2D eigenvalue weighted by molar-refractivity contribution is 5.60. The van der Waals surface area contributed by atoms with Crippen LogP contribution in [0.5, 0.6) is 5.75 Å². The van der Waals surface area contributed by atoms with Crippen molar-refractivity contribution < 1.29 is 9.84 Å². The van der Waals surface area contributed by atoms with E-state index < -0.39 is 5.60 Å². The predicted molar refractivity (Wildman–Crippen MR) is 80.8 cm³/mol. The van der Waals surface area contributed by atoms with Gasteiger partial charge in [-0.25, -0.2) is 0 Å². The van der Waals surface area contributed by atoms with Crippen LogP contribution in [0.2, 0.25) is 0 Å². The molecular weight excluding hydrogens is 250 g/mol. The molecule has 2 rings (SSSR count). The van der Waals surface area contributed by atoms with Gasteiger partial charge in [-0.1, -0.05) is 6.07 Å². The lowest BCUT2D eigenvalue weighted by atomic mass is 9.96. The maximum absolute atomic E-state index is 10.1. The maximum Gasteiger partial charge on any atom is 0.119 e. The normalized spacial score (nSPS) is 11.4. The third-order valence-electron chi connectivity index (χ3n) is 3.21. The monoisotopic (exact) mass is 271 g/mol. The highest BCUT2D eigenvalue weighted by Gasteiger charge is 2.19. The first kappa shape index (κ1) is 14.5. The van der Waals surface area contributed by atoms with Gasteiger partial charge >= 0.3 is 0 Å². The average Bonchev–Trinajstić information content (AvgIpc) is 2.38. The van der Waals surface area contributed by atoms with Gasteiger partial charge in [0.05, 0.1) is 17.9 Å². The molecule has 20 heavy (non-hydrogen) atoms. The molecule has 0 radical (unpaired) electrons. The molecule has 0 atom stereocenters.